The lowest BCUT2D eigenvalue weighted by Crippen LogP contribution is -2.13. The number of nitrogens with zero attached hydrogens (tertiary/aromatic N) is 1. The summed E-state index contributed by atoms with van der Waals surface area (Å²) in [5, 5.41) is 10.7. The molecular weight excluding hydrogens is 262 g/mol. The van der Waals surface area contributed by atoms with Gasteiger partial charge in [0.05, 0.1) is 22.0 Å². The van der Waals surface area contributed by atoms with E-state index in [4.69, 9.17) is 9.29 Å². The molecule has 1 aliphatic rings. The molecule has 0 unspecified atom stereocenters. The van der Waals surface area contributed by atoms with Crippen LogP contribution in [-0.2, 0) is 21.3 Å². The third-order valence-corrected chi connectivity index (χ3v) is 3.69. The lowest BCUT2D eigenvalue weighted by Gasteiger charge is -2.09. The van der Waals surface area contributed by atoms with Crippen LogP contribution in [0.4, 0.5) is 5.69 Å². The van der Waals surface area contributed by atoms with Crippen molar-refractivity contribution in [3.8, 4) is 0 Å². The van der Waals surface area contributed by atoms with Crippen molar-refractivity contribution in [2.75, 3.05) is 6.61 Å². The maximum atomic E-state index is 11.2. The fourth-order valence-corrected chi connectivity index (χ4v) is 2.40. The summed E-state index contributed by atoms with van der Waals surface area (Å²) in [6.45, 7) is 2.22. The van der Waals surface area contributed by atoms with Crippen LogP contribution in [0.3, 0.4) is 0 Å². The molecule has 2 rings (SSSR count). The number of non-ortho nitro benzene ring substituents is 1. The molecule has 1 heterocycles. The topological polar surface area (TPSA) is 110 Å². The smallest absolute Gasteiger partial charge is 0.294 e. The Balaban J connectivity index is 2.49. The molecule has 1 atom stereocenters. The highest BCUT2D eigenvalue weighted by Gasteiger charge is 2.40. The Morgan fingerprint density at radius 2 is 2.17 bits per heavy atom. The van der Waals surface area contributed by atoms with Crippen molar-refractivity contribution >= 4 is 15.8 Å². The van der Waals surface area contributed by atoms with E-state index >= 15 is 0 Å². The van der Waals surface area contributed by atoms with E-state index in [1.807, 2.05) is 0 Å². The molecule has 18 heavy (non-hydrogen) atoms. The highest BCUT2D eigenvalue weighted by molar-refractivity contribution is 7.85. The van der Waals surface area contributed by atoms with Gasteiger partial charge < -0.3 is 4.74 Å². The van der Waals surface area contributed by atoms with Crippen molar-refractivity contribution < 1.29 is 22.6 Å². The third-order valence-electron chi connectivity index (χ3n) is 2.73. The molecule has 8 heteroatoms. The number of benzene rings is 1. The van der Waals surface area contributed by atoms with Crippen molar-refractivity contribution in [1.82, 2.24) is 0 Å². The van der Waals surface area contributed by atoms with Crippen LogP contribution in [0.2, 0.25) is 0 Å². The van der Waals surface area contributed by atoms with Gasteiger partial charge in [0.15, 0.2) is 0 Å². The molecule has 0 radical (unpaired) electrons. The summed E-state index contributed by atoms with van der Waals surface area (Å²) in [5.74, 6) is 0. The molecule has 1 fully saturated rings. The minimum atomic E-state index is -4.40. The molecule has 0 spiro atoms. The zero-order valence-corrected chi connectivity index (χ0v) is 10.3. The predicted octanol–water partition coefficient (Wildman–Crippen LogP) is 1.17. The van der Waals surface area contributed by atoms with Gasteiger partial charge in [0, 0.05) is 18.6 Å². The Morgan fingerprint density at radius 1 is 1.56 bits per heavy atom. The van der Waals surface area contributed by atoms with Crippen molar-refractivity contribution in [2.45, 2.75) is 23.8 Å². The first-order valence-corrected chi connectivity index (χ1v) is 6.54. The lowest BCUT2D eigenvalue weighted by molar-refractivity contribution is -0.385. The summed E-state index contributed by atoms with van der Waals surface area (Å²) < 4.78 is 36.6. The van der Waals surface area contributed by atoms with E-state index in [1.54, 1.807) is 6.92 Å². The molecule has 0 aliphatic carbocycles. The van der Waals surface area contributed by atoms with Gasteiger partial charge in [-0.1, -0.05) is 0 Å². The summed E-state index contributed by atoms with van der Waals surface area (Å²) in [5.41, 5.74) is -0.539. The summed E-state index contributed by atoms with van der Waals surface area (Å²) in [6, 6.07) is 3.23. The highest BCUT2D eigenvalue weighted by atomic mass is 32.2. The maximum absolute atomic E-state index is 11.2. The molecule has 7 nitrogen and oxygen atoms in total. The van der Waals surface area contributed by atoms with E-state index in [-0.39, 0.29) is 22.6 Å². The monoisotopic (exact) mass is 273 g/mol. The van der Waals surface area contributed by atoms with Gasteiger partial charge in [-0.3, -0.25) is 14.7 Å². The maximum Gasteiger partial charge on any atom is 0.294 e. The predicted molar refractivity (Wildman–Crippen MR) is 61.0 cm³/mol. The number of epoxide rings is 1. The number of hydrogen-bond acceptors (Lipinski definition) is 5. The molecule has 0 bridgehead atoms. The minimum Gasteiger partial charge on any atom is -0.370 e. The normalized spacial score (nSPS) is 22.8. The van der Waals surface area contributed by atoms with Gasteiger partial charge in [-0.05, 0) is 18.6 Å². The summed E-state index contributed by atoms with van der Waals surface area (Å²) >= 11 is 0. The molecule has 1 aromatic carbocycles. The Labute approximate surface area is 103 Å². The number of hydrogen-bond donors (Lipinski definition) is 1. The number of nitro benzene ring substituents is 1. The van der Waals surface area contributed by atoms with Crippen LogP contribution < -0.4 is 0 Å². The van der Waals surface area contributed by atoms with E-state index in [0.29, 0.717) is 6.61 Å². The zero-order valence-electron chi connectivity index (χ0n) is 9.49. The molecule has 1 saturated heterocycles. The van der Waals surface area contributed by atoms with E-state index in [1.165, 1.54) is 0 Å². The molecular formula is C10H11NO6S. The first-order valence-electron chi connectivity index (χ1n) is 5.10. The first kappa shape index (κ1) is 12.9. The fraction of sp³-hybridized carbons (Fsp3) is 0.400. The Morgan fingerprint density at radius 3 is 2.61 bits per heavy atom. The second-order valence-corrected chi connectivity index (χ2v) is 5.83. The van der Waals surface area contributed by atoms with Crippen LogP contribution in [0.5, 0.6) is 0 Å². The van der Waals surface area contributed by atoms with Crippen molar-refractivity contribution in [2.24, 2.45) is 0 Å². The van der Waals surface area contributed by atoms with Gasteiger partial charge in [0.1, 0.15) is 0 Å². The summed E-state index contributed by atoms with van der Waals surface area (Å²) in [7, 11) is -4.40. The van der Waals surface area contributed by atoms with E-state index in [0.717, 1.165) is 18.2 Å². The molecule has 1 N–H and O–H groups in total. The molecule has 0 aromatic heterocycles. The number of rotatable bonds is 4. The quantitative estimate of drug-likeness (QED) is 0.381. The second kappa shape index (κ2) is 4.01. The van der Waals surface area contributed by atoms with Gasteiger partial charge in [0.2, 0.25) is 0 Å². The standard InChI is InChI=1S/C10H11NO6S/c1-10(6-17-10)5-7-4-8(11(12)13)2-3-9(7)18(14,15)16/h2-4H,5-6H2,1H3,(H,14,15,16)/t10-/m1/s1. The van der Waals surface area contributed by atoms with Crippen LogP contribution in [0.15, 0.2) is 23.1 Å². The average Bonchev–Trinajstić information content (AvgIpc) is 2.94. The lowest BCUT2D eigenvalue weighted by atomic mass is 10.0. The van der Waals surface area contributed by atoms with Crippen molar-refractivity contribution in [3.63, 3.8) is 0 Å². The summed E-state index contributed by atoms with van der Waals surface area (Å²) in [4.78, 5) is 9.73. The second-order valence-electron chi connectivity index (χ2n) is 4.44. The van der Waals surface area contributed by atoms with Gasteiger partial charge in [0.25, 0.3) is 15.8 Å². The van der Waals surface area contributed by atoms with Crippen LogP contribution in [0.25, 0.3) is 0 Å². The van der Waals surface area contributed by atoms with Gasteiger partial charge in [-0.15, -0.1) is 0 Å². The number of nitro groups is 1. The van der Waals surface area contributed by atoms with Crippen molar-refractivity contribution in [3.05, 3.63) is 33.9 Å². The Hall–Kier alpha value is -1.51. The largest absolute Gasteiger partial charge is 0.370 e. The molecule has 1 aromatic rings. The molecule has 0 amide bonds. The minimum absolute atomic E-state index is 0.187. The van der Waals surface area contributed by atoms with Crippen LogP contribution in [0, 0.1) is 10.1 Å². The van der Waals surface area contributed by atoms with Crippen LogP contribution in [0.1, 0.15) is 12.5 Å². The zero-order chi connectivity index (χ0) is 13.6. The molecule has 98 valence electrons. The average molecular weight is 273 g/mol. The van der Waals surface area contributed by atoms with Gasteiger partial charge in [-0.2, -0.15) is 8.42 Å². The van der Waals surface area contributed by atoms with Gasteiger partial charge >= 0.3 is 0 Å². The van der Waals surface area contributed by atoms with Crippen LogP contribution >= 0.6 is 0 Å². The third kappa shape index (κ3) is 2.66. The summed E-state index contributed by atoms with van der Waals surface area (Å²) in [6.07, 6.45) is 0.198. The SMILES string of the molecule is C[C@@]1(Cc2cc([N+](=O)[O-])ccc2S(=O)(=O)O)CO1. The van der Waals surface area contributed by atoms with Crippen LogP contribution in [-0.4, -0.2) is 30.1 Å². The van der Waals surface area contributed by atoms with E-state index in [9.17, 15) is 18.5 Å². The molecule has 1 aliphatic heterocycles. The first-order chi connectivity index (χ1) is 8.21. The van der Waals surface area contributed by atoms with E-state index in [2.05, 4.69) is 0 Å². The Bertz CT molecular complexity index is 605. The highest BCUT2D eigenvalue weighted by Crippen LogP contribution is 2.33. The van der Waals surface area contributed by atoms with Gasteiger partial charge in [-0.25, -0.2) is 0 Å². The van der Waals surface area contributed by atoms with Crippen molar-refractivity contribution in [1.29, 1.82) is 0 Å². The molecule has 0 saturated carbocycles. The van der Waals surface area contributed by atoms with E-state index < -0.39 is 20.6 Å². The Kier molecular flexibility index (Phi) is 2.88. The fourth-order valence-electron chi connectivity index (χ4n) is 1.70. The number of ether oxygens (including phenoxy) is 1.